The fourth-order valence-electron chi connectivity index (χ4n) is 2.57. The Morgan fingerprint density at radius 3 is 2.72 bits per heavy atom. The number of rotatable bonds is 6. The van der Waals surface area contributed by atoms with Crippen LogP contribution in [-0.2, 0) is 11.4 Å². The van der Waals surface area contributed by atoms with E-state index in [4.69, 9.17) is 14.6 Å². The Balaban J connectivity index is 1.74. The standard InChI is InChI=1S/C18H18BrNO4S/c1-23-16-7-2-11(17-20-15(10-25-17)18(21)22)8-12(16)9-24-14-5-3-13(19)4-6-14/h2-8,15,17,20H,9-10H2,1H3,(H,21,22)/t15-,17-/m0/s1. The molecular formula is C18H18BrNO4S. The highest BCUT2D eigenvalue weighted by atomic mass is 79.9. The highest BCUT2D eigenvalue weighted by molar-refractivity contribution is 9.10. The van der Waals surface area contributed by atoms with E-state index in [0.29, 0.717) is 12.4 Å². The Bertz CT molecular complexity index is 753. The molecule has 0 aliphatic carbocycles. The lowest BCUT2D eigenvalue weighted by molar-refractivity contribution is -0.138. The van der Waals surface area contributed by atoms with Crippen molar-refractivity contribution >= 4 is 33.7 Å². The van der Waals surface area contributed by atoms with Gasteiger partial charge in [-0.1, -0.05) is 22.0 Å². The lowest BCUT2D eigenvalue weighted by atomic mass is 10.1. The lowest BCUT2D eigenvalue weighted by Crippen LogP contribution is -2.33. The zero-order valence-electron chi connectivity index (χ0n) is 13.6. The van der Waals surface area contributed by atoms with Gasteiger partial charge in [-0.3, -0.25) is 10.1 Å². The van der Waals surface area contributed by atoms with Gasteiger partial charge in [0, 0.05) is 15.8 Å². The van der Waals surface area contributed by atoms with Crippen LogP contribution in [0.1, 0.15) is 16.5 Å². The normalized spacial score (nSPS) is 19.6. The minimum Gasteiger partial charge on any atom is -0.496 e. The van der Waals surface area contributed by atoms with E-state index in [0.717, 1.165) is 27.1 Å². The van der Waals surface area contributed by atoms with Crippen molar-refractivity contribution in [3.8, 4) is 11.5 Å². The molecule has 1 heterocycles. The van der Waals surface area contributed by atoms with Crippen LogP contribution in [0.2, 0.25) is 0 Å². The molecule has 5 nitrogen and oxygen atoms in total. The molecule has 2 aromatic carbocycles. The number of benzene rings is 2. The van der Waals surface area contributed by atoms with Gasteiger partial charge in [-0.2, -0.15) is 0 Å². The molecule has 1 aliphatic heterocycles. The van der Waals surface area contributed by atoms with E-state index in [-0.39, 0.29) is 5.37 Å². The third kappa shape index (κ3) is 4.48. The van der Waals surface area contributed by atoms with E-state index in [1.807, 2.05) is 42.5 Å². The van der Waals surface area contributed by atoms with Crippen LogP contribution in [0.5, 0.6) is 11.5 Å². The van der Waals surface area contributed by atoms with Gasteiger partial charge in [-0.15, -0.1) is 11.8 Å². The number of aliphatic carboxylic acids is 1. The van der Waals surface area contributed by atoms with E-state index in [2.05, 4.69) is 21.2 Å². The molecule has 132 valence electrons. The maximum absolute atomic E-state index is 11.1. The van der Waals surface area contributed by atoms with Gasteiger partial charge in [0.25, 0.3) is 0 Å². The first kappa shape index (κ1) is 18.1. The minimum atomic E-state index is -0.817. The molecule has 0 radical (unpaired) electrons. The molecule has 2 atom stereocenters. The summed E-state index contributed by atoms with van der Waals surface area (Å²) in [5.41, 5.74) is 1.94. The predicted molar refractivity (Wildman–Crippen MR) is 101 cm³/mol. The Morgan fingerprint density at radius 2 is 2.08 bits per heavy atom. The van der Waals surface area contributed by atoms with Crippen LogP contribution < -0.4 is 14.8 Å². The molecule has 1 aliphatic rings. The summed E-state index contributed by atoms with van der Waals surface area (Å²) in [4.78, 5) is 11.1. The first-order valence-electron chi connectivity index (χ1n) is 7.72. The molecule has 1 saturated heterocycles. The average Bonchev–Trinajstić information content (AvgIpc) is 3.11. The van der Waals surface area contributed by atoms with Crippen molar-refractivity contribution in [1.82, 2.24) is 5.32 Å². The molecule has 25 heavy (non-hydrogen) atoms. The zero-order valence-corrected chi connectivity index (χ0v) is 16.0. The Hall–Kier alpha value is -1.70. The van der Waals surface area contributed by atoms with Gasteiger partial charge in [0.15, 0.2) is 0 Å². The second-order valence-electron chi connectivity index (χ2n) is 5.58. The van der Waals surface area contributed by atoms with Crippen molar-refractivity contribution in [3.05, 3.63) is 58.1 Å². The summed E-state index contributed by atoms with van der Waals surface area (Å²) >= 11 is 4.99. The molecule has 3 rings (SSSR count). The maximum Gasteiger partial charge on any atom is 0.321 e. The molecule has 1 fully saturated rings. The number of hydrogen-bond donors (Lipinski definition) is 2. The average molecular weight is 424 g/mol. The Kier molecular flexibility index (Phi) is 5.88. The number of thioether (sulfide) groups is 1. The van der Waals surface area contributed by atoms with Gasteiger partial charge in [-0.25, -0.2) is 0 Å². The van der Waals surface area contributed by atoms with Gasteiger partial charge in [0.2, 0.25) is 0 Å². The molecule has 0 aromatic heterocycles. The topological polar surface area (TPSA) is 67.8 Å². The third-order valence-electron chi connectivity index (χ3n) is 3.90. The van der Waals surface area contributed by atoms with Gasteiger partial charge < -0.3 is 14.6 Å². The zero-order chi connectivity index (χ0) is 17.8. The Labute approximate surface area is 158 Å². The number of halogens is 1. The number of carboxylic acid groups (broad SMARTS) is 1. The predicted octanol–water partition coefficient (Wildman–Crippen LogP) is 3.82. The molecule has 0 amide bonds. The summed E-state index contributed by atoms with van der Waals surface area (Å²) in [5, 5.41) is 12.2. The third-order valence-corrected chi connectivity index (χ3v) is 5.69. The van der Waals surface area contributed by atoms with Gasteiger partial charge in [-0.05, 0) is 42.0 Å². The SMILES string of the molecule is COc1ccc([C@H]2N[C@H](C(=O)O)CS2)cc1COc1ccc(Br)cc1. The summed E-state index contributed by atoms with van der Waals surface area (Å²) in [7, 11) is 1.63. The van der Waals surface area contributed by atoms with Crippen LogP contribution in [0.15, 0.2) is 46.9 Å². The first-order valence-corrected chi connectivity index (χ1v) is 9.56. The van der Waals surface area contributed by atoms with Crippen LogP contribution in [0.4, 0.5) is 0 Å². The van der Waals surface area contributed by atoms with Crippen molar-refractivity contribution in [3.63, 3.8) is 0 Å². The van der Waals surface area contributed by atoms with Crippen molar-refractivity contribution in [1.29, 1.82) is 0 Å². The smallest absolute Gasteiger partial charge is 0.321 e. The van der Waals surface area contributed by atoms with Gasteiger partial charge >= 0.3 is 5.97 Å². The van der Waals surface area contributed by atoms with Crippen LogP contribution in [-0.4, -0.2) is 30.0 Å². The second kappa shape index (κ2) is 8.12. The summed E-state index contributed by atoms with van der Waals surface area (Å²) in [6, 6.07) is 13.0. The van der Waals surface area contributed by atoms with E-state index >= 15 is 0 Å². The van der Waals surface area contributed by atoms with Crippen molar-refractivity contribution in [2.24, 2.45) is 0 Å². The van der Waals surface area contributed by atoms with Gasteiger partial charge in [0.05, 0.1) is 12.5 Å². The molecule has 0 bridgehead atoms. The monoisotopic (exact) mass is 423 g/mol. The van der Waals surface area contributed by atoms with Gasteiger partial charge in [0.1, 0.15) is 24.1 Å². The number of carbonyl (C=O) groups is 1. The molecule has 2 N–H and O–H groups in total. The van der Waals surface area contributed by atoms with Crippen LogP contribution in [0.25, 0.3) is 0 Å². The summed E-state index contributed by atoms with van der Waals surface area (Å²) < 4.78 is 12.3. The molecule has 2 aromatic rings. The second-order valence-corrected chi connectivity index (χ2v) is 7.64. The molecule has 0 spiro atoms. The molecule has 0 unspecified atom stereocenters. The first-order chi connectivity index (χ1) is 12.1. The van der Waals surface area contributed by atoms with Crippen LogP contribution >= 0.6 is 27.7 Å². The number of nitrogens with one attached hydrogen (secondary N) is 1. The highest BCUT2D eigenvalue weighted by Crippen LogP contribution is 2.35. The van der Waals surface area contributed by atoms with Crippen molar-refractivity contribution < 1.29 is 19.4 Å². The fraction of sp³-hybridized carbons (Fsp3) is 0.278. The Morgan fingerprint density at radius 1 is 1.32 bits per heavy atom. The summed E-state index contributed by atoms with van der Waals surface area (Å²) in [6.07, 6.45) is 0. The summed E-state index contributed by atoms with van der Waals surface area (Å²) in [5.74, 6) is 1.26. The lowest BCUT2D eigenvalue weighted by Gasteiger charge is -2.16. The molecule has 7 heteroatoms. The minimum absolute atomic E-state index is 0.0431. The van der Waals surface area contributed by atoms with E-state index in [1.54, 1.807) is 18.9 Å². The molecule has 0 saturated carbocycles. The molecular weight excluding hydrogens is 406 g/mol. The van der Waals surface area contributed by atoms with Crippen molar-refractivity contribution in [2.45, 2.75) is 18.0 Å². The number of methoxy groups -OCH3 is 1. The summed E-state index contributed by atoms with van der Waals surface area (Å²) in [6.45, 7) is 0.373. The highest BCUT2D eigenvalue weighted by Gasteiger charge is 2.30. The number of carboxylic acids is 1. The number of hydrogen-bond acceptors (Lipinski definition) is 5. The quantitative estimate of drug-likeness (QED) is 0.735. The largest absolute Gasteiger partial charge is 0.496 e. The fourth-order valence-corrected chi connectivity index (χ4v) is 4.06. The van der Waals surface area contributed by atoms with E-state index in [9.17, 15) is 4.79 Å². The van der Waals surface area contributed by atoms with E-state index in [1.165, 1.54) is 0 Å². The number of ether oxygens (including phenoxy) is 2. The van der Waals surface area contributed by atoms with Crippen LogP contribution in [0, 0.1) is 0 Å². The van der Waals surface area contributed by atoms with Crippen LogP contribution in [0.3, 0.4) is 0 Å². The van der Waals surface area contributed by atoms with Crippen molar-refractivity contribution in [2.75, 3.05) is 12.9 Å². The van der Waals surface area contributed by atoms with E-state index < -0.39 is 12.0 Å². The maximum atomic E-state index is 11.1.